The predicted octanol–water partition coefficient (Wildman–Crippen LogP) is 17.3. The quantitative estimate of drug-likeness (QED) is 0.0272. The van der Waals surface area contributed by atoms with Gasteiger partial charge in [0.05, 0.1) is 39.9 Å². The van der Waals surface area contributed by atoms with Gasteiger partial charge in [-0.1, -0.05) is 252 Å². The normalized spacial score (nSPS) is 14.7. The van der Waals surface area contributed by atoms with Crippen molar-refractivity contribution in [1.29, 1.82) is 0 Å². The van der Waals surface area contributed by atoms with E-state index in [2.05, 4.69) is 116 Å². The molecule has 0 aromatic heterocycles. The lowest BCUT2D eigenvalue weighted by atomic mass is 10.0. The molecule has 2 N–H and O–H groups in total. The van der Waals surface area contributed by atoms with E-state index in [0.29, 0.717) is 17.4 Å². The highest BCUT2D eigenvalue weighted by Gasteiger charge is 2.23. The predicted molar refractivity (Wildman–Crippen MR) is 311 cm³/mol. The Balaban J connectivity index is 3.91. The van der Waals surface area contributed by atoms with Gasteiger partial charge in [0.2, 0.25) is 5.91 Å². The molecule has 0 saturated carbocycles. The zero-order chi connectivity index (χ0) is 52.7. The number of likely N-dealkylation sites (N-methyl/N-ethyl adjacent to an activating group) is 1. The van der Waals surface area contributed by atoms with E-state index in [1.165, 1.54) is 122 Å². The Kier molecular flexibility index (Phi) is 50.9. The number of carbonyl (C=O) groups is 1. The molecule has 0 aromatic carbocycles. The van der Waals surface area contributed by atoms with Crippen LogP contribution in [-0.4, -0.2) is 68.5 Å². The second-order valence-corrected chi connectivity index (χ2v) is 22.0. The van der Waals surface area contributed by atoms with Crippen LogP contribution in [0.25, 0.3) is 0 Å². The maximum atomic E-state index is 12.9. The standard InChI is InChI=1S/C63H111N2O6P/c1-6-8-10-12-14-16-17-18-19-20-21-22-23-24-25-26-27-28-29-30-31-32-33-34-35-36-37-38-39-40-41-42-43-44-45-46-47-49-51-53-55-57-63(67)64-61(60-71-72(68,69)70-59-58-65(3,4)5)62(66)56-54-52-50-48-15-13-11-9-7-2/h8,10,14,16,18-19,21-22,24-25,27-28,30-31,33-34,54,56,61-62,66H,6-7,9,11-13,15,17,20,23,26,29,32,35-53,55,57-60H2,1-5H3,(H-,64,67,68,69)/b10-8-,16-14-,19-18-,22-21-,25-24-,28-27-,31-30-,34-33-,56-54+. The molecular weight excluding hydrogens is 912 g/mol. The highest BCUT2D eigenvalue weighted by atomic mass is 31.2. The van der Waals surface area contributed by atoms with Crippen LogP contribution in [0.1, 0.15) is 232 Å². The molecule has 414 valence electrons. The number of phosphoric acid groups is 1. The number of hydrogen-bond donors (Lipinski definition) is 2. The lowest BCUT2D eigenvalue weighted by Gasteiger charge is -2.29. The highest BCUT2D eigenvalue weighted by molar-refractivity contribution is 7.45. The number of hydrogen-bond acceptors (Lipinski definition) is 6. The summed E-state index contributed by atoms with van der Waals surface area (Å²) in [4.78, 5) is 25.4. The zero-order valence-corrected chi connectivity index (χ0v) is 48.0. The number of allylic oxidation sites excluding steroid dienone is 17. The molecule has 8 nitrogen and oxygen atoms in total. The Morgan fingerprint density at radius 3 is 1.24 bits per heavy atom. The molecule has 1 amide bonds. The van der Waals surface area contributed by atoms with Gasteiger partial charge in [-0.15, -0.1) is 0 Å². The molecule has 0 rings (SSSR count). The monoisotopic (exact) mass is 1020 g/mol. The second-order valence-electron chi connectivity index (χ2n) is 20.6. The first-order valence-electron chi connectivity index (χ1n) is 29.2. The molecule has 72 heavy (non-hydrogen) atoms. The van der Waals surface area contributed by atoms with Crippen LogP contribution in [-0.2, 0) is 18.4 Å². The van der Waals surface area contributed by atoms with E-state index >= 15 is 0 Å². The molecule has 0 bridgehead atoms. The van der Waals surface area contributed by atoms with Gasteiger partial charge in [0.25, 0.3) is 7.82 Å². The van der Waals surface area contributed by atoms with Gasteiger partial charge in [-0.3, -0.25) is 9.36 Å². The van der Waals surface area contributed by atoms with Crippen molar-refractivity contribution in [2.75, 3.05) is 40.9 Å². The maximum absolute atomic E-state index is 12.9. The Morgan fingerprint density at radius 1 is 0.500 bits per heavy atom. The first-order valence-corrected chi connectivity index (χ1v) is 30.7. The topological polar surface area (TPSA) is 108 Å². The number of carbonyl (C=O) groups excluding carboxylic acids is 1. The molecule has 0 aliphatic heterocycles. The SMILES string of the molecule is CC/C=C\C/C=C\C/C=C\C/C=C\C/C=C\C/C=C\C/C=C\C/C=C\CCCCCCCCCCCCCCCCCCC(=O)NC(COP(=O)([O-])OCC[N+](C)(C)C)C(O)/C=C/CCCCCCCCC. The summed E-state index contributed by atoms with van der Waals surface area (Å²) in [6, 6.07) is -0.888. The van der Waals surface area contributed by atoms with Gasteiger partial charge in [-0.2, -0.15) is 0 Å². The number of phosphoric ester groups is 1. The fourth-order valence-electron chi connectivity index (χ4n) is 7.93. The van der Waals surface area contributed by atoms with E-state index in [-0.39, 0.29) is 19.1 Å². The van der Waals surface area contributed by atoms with Gasteiger partial charge in [0, 0.05) is 6.42 Å². The molecule has 3 unspecified atom stereocenters. The molecule has 0 aromatic rings. The minimum absolute atomic E-state index is 0.00415. The molecular formula is C63H111N2O6P. The van der Waals surface area contributed by atoms with E-state index in [1.807, 2.05) is 27.2 Å². The third-order valence-electron chi connectivity index (χ3n) is 12.5. The number of nitrogens with zero attached hydrogens (tertiary/aromatic N) is 1. The number of aliphatic hydroxyl groups is 1. The van der Waals surface area contributed by atoms with Gasteiger partial charge in [0.1, 0.15) is 13.2 Å². The van der Waals surface area contributed by atoms with E-state index in [4.69, 9.17) is 9.05 Å². The summed E-state index contributed by atoms with van der Waals surface area (Å²) in [6.45, 7) is 4.49. The lowest BCUT2D eigenvalue weighted by molar-refractivity contribution is -0.870. The van der Waals surface area contributed by atoms with Gasteiger partial charge in [0.15, 0.2) is 0 Å². The number of quaternary nitrogens is 1. The summed E-state index contributed by atoms with van der Waals surface area (Å²) in [5.41, 5.74) is 0. The smallest absolute Gasteiger partial charge is 0.268 e. The van der Waals surface area contributed by atoms with Crippen molar-refractivity contribution >= 4 is 13.7 Å². The van der Waals surface area contributed by atoms with Crippen LogP contribution in [0.2, 0.25) is 0 Å². The summed E-state index contributed by atoms with van der Waals surface area (Å²) < 4.78 is 23.2. The van der Waals surface area contributed by atoms with Crippen LogP contribution in [0.15, 0.2) is 109 Å². The fraction of sp³-hybridized carbons (Fsp3) is 0.698. The molecule has 0 spiro atoms. The number of aliphatic hydroxyl groups excluding tert-OH is 1. The summed E-state index contributed by atoms with van der Waals surface area (Å²) in [5.74, 6) is -0.203. The van der Waals surface area contributed by atoms with Crippen LogP contribution in [0.5, 0.6) is 0 Å². The van der Waals surface area contributed by atoms with Crippen molar-refractivity contribution in [3.63, 3.8) is 0 Å². The Bertz CT molecular complexity index is 1540. The van der Waals surface area contributed by atoms with Crippen molar-refractivity contribution in [1.82, 2.24) is 5.32 Å². The Hall–Kier alpha value is -2.84. The van der Waals surface area contributed by atoms with Gasteiger partial charge < -0.3 is 28.8 Å². The number of nitrogens with one attached hydrogen (secondary N) is 1. The lowest BCUT2D eigenvalue weighted by Crippen LogP contribution is -2.45. The number of unbranched alkanes of at least 4 members (excludes halogenated alkanes) is 23. The van der Waals surface area contributed by atoms with Crippen molar-refractivity contribution < 1.29 is 32.9 Å². The summed E-state index contributed by atoms with van der Waals surface area (Å²) in [7, 11) is 1.25. The molecule has 0 radical (unpaired) electrons. The van der Waals surface area contributed by atoms with Crippen molar-refractivity contribution in [2.24, 2.45) is 0 Å². The third kappa shape index (κ3) is 54.9. The molecule has 3 atom stereocenters. The summed E-state index contributed by atoms with van der Waals surface area (Å²) in [5, 5.41) is 13.8. The first-order chi connectivity index (χ1) is 35.0. The minimum atomic E-state index is -4.59. The number of amides is 1. The first kappa shape index (κ1) is 69.2. The fourth-order valence-corrected chi connectivity index (χ4v) is 8.66. The van der Waals surface area contributed by atoms with Crippen molar-refractivity contribution in [3.05, 3.63) is 109 Å². The summed E-state index contributed by atoms with van der Waals surface area (Å²) in [6.07, 6.45) is 77.7. The van der Waals surface area contributed by atoms with Gasteiger partial charge in [-0.05, 0) is 83.5 Å². The Labute approximate surface area is 444 Å². The molecule has 0 fully saturated rings. The Morgan fingerprint density at radius 2 is 0.847 bits per heavy atom. The van der Waals surface area contributed by atoms with E-state index in [0.717, 1.165) is 89.9 Å². The molecule has 0 aliphatic rings. The second kappa shape index (κ2) is 53.0. The average Bonchev–Trinajstić information content (AvgIpc) is 3.34. The van der Waals surface area contributed by atoms with Crippen LogP contribution in [0, 0.1) is 0 Å². The van der Waals surface area contributed by atoms with Crippen molar-refractivity contribution in [2.45, 2.75) is 244 Å². The zero-order valence-electron chi connectivity index (χ0n) is 47.1. The van der Waals surface area contributed by atoms with Crippen LogP contribution < -0.4 is 10.2 Å². The average molecular weight is 1020 g/mol. The van der Waals surface area contributed by atoms with E-state index in [1.54, 1.807) is 6.08 Å². The van der Waals surface area contributed by atoms with E-state index < -0.39 is 20.0 Å². The van der Waals surface area contributed by atoms with Crippen LogP contribution >= 0.6 is 7.82 Å². The summed E-state index contributed by atoms with van der Waals surface area (Å²) >= 11 is 0. The molecule has 0 aliphatic carbocycles. The molecule has 0 heterocycles. The largest absolute Gasteiger partial charge is 0.756 e. The van der Waals surface area contributed by atoms with Crippen molar-refractivity contribution in [3.8, 4) is 0 Å². The third-order valence-corrected chi connectivity index (χ3v) is 13.5. The van der Waals surface area contributed by atoms with Gasteiger partial charge >= 0.3 is 0 Å². The molecule has 9 heteroatoms. The van der Waals surface area contributed by atoms with E-state index in [9.17, 15) is 19.4 Å². The maximum Gasteiger partial charge on any atom is 0.268 e. The number of rotatable bonds is 52. The van der Waals surface area contributed by atoms with Crippen LogP contribution in [0.4, 0.5) is 0 Å². The van der Waals surface area contributed by atoms with Crippen LogP contribution in [0.3, 0.4) is 0 Å². The highest BCUT2D eigenvalue weighted by Crippen LogP contribution is 2.38. The van der Waals surface area contributed by atoms with Gasteiger partial charge in [-0.25, -0.2) is 0 Å². The minimum Gasteiger partial charge on any atom is -0.756 e. The molecule has 0 saturated heterocycles.